The van der Waals surface area contributed by atoms with Crippen LogP contribution in [0, 0.1) is 11.6 Å². The number of para-hydroxylation sites is 1. The minimum absolute atomic E-state index is 0.228. The van der Waals surface area contributed by atoms with Gasteiger partial charge in [0.25, 0.3) is 5.91 Å². The molecule has 0 saturated heterocycles. The topological polar surface area (TPSA) is 83.1 Å². The van der Waals surface area contributed by atoms with E-state index in [0.717, 1.165) is 17.7 Å². The third-order valence-corrected chi connectivity index (χ3v) is 4.50. The quantitative estimate of drug-likeness (QED) is 0.424. The lowest BCUT2D eigenvalue weighted by molar-refractivity contribution is 0.0939. The van der Waals surface area contributed by atoms with E-state index in [2.05, 4.69) is 21.2 Å². The molecule has 1 aromatic heterocycles. The maximum absolute atomic E-state index is 13.7. The van der Waals surface area contributed by atoms with Gasteiger partial charge in [0.2, 0.25) is 0 Å². The van der Waals surface area contributed by atoms with Crippen LogP contribution >= 0.6 is 0 Å². The molecule has 4 rings (SSSR count). The zero-order valence-corrected chi connectivity index (χ0v) is 16.0. The van der Waals surface area contributed by atoms with Crippen LogP contribution in [-0.2, 0) is 0 Å². The lowest BCUT2D eigenvalue weighted by atomic mass is 10.0. The molecule has 0 aliphatic carbocycles. The average Bonchev–Trinajstić information content (AvgIpc) is 2.79. The predicted molar refractivity (Wildman–Crippen MR) is 113 cm³/mol. The standard InChI is InChI=1S/C23H16F2N4O2/c24-15-10-11-20(18(25)12-15)27-23(31)29-28-22(30)17-13-21(14-6-2-1-3-7-14)26-19-9-5-4-8-16(17)19/h1-13H,(H,28,30)(H2,27,29,31). The van der Waals surface area contributed by atoms with Crippen LogP contribution in [0.3, 0.4) is 0 Å². The van der Waals surface area contributed by atoms with Crippen LogP contribution in [0.1, 0.15) is 10.4 Å². The number of halogens is 2. The summed E-state index contributed by atoms with van der Waals surface area (Å²) in [5.41, 5.74) is 6.59. The number of nitrogens with one attached hydrogen (secondary N) is 3. The van der Waals surface area contributed by atoms with Crippen molar-refractivity contribution in [3.63, 3.8) is 0 Å². The van der Waals surface area contributed by atoms with Crippen LogP contribution in [0.15, 0.2) is 78.9 Å². The molecular formula is C23H16F2N4O2. The Hall–Kier alpha value is -4.33. The molecule has 3 aromatic carbocycles. The van der Waals surface area contributed by atoms with Crippen molar-refractivity contribution in [2.45, 2.75) is 0 Å². The highest BCUT2D eigenvalue weighted by atomic mass is 19.1. The van der Waals surface area contributed by atoms with Gasteiger partial charge in [0.15, 0.2) is 0 Å². The van der Waals surface area contributed by atoms with Crippen molar-refractivity contribution in [1.82, 2.24) is 15.8 Å². The Labute approximate surface area is 175 Å². The molecule has 0 aliphatic heterocycles. The van der Waals surface area contributed by atoms with Gasteiger partial charge >= 0.3 is 6.03 Å². The summed E-state index contributed by atoms with van der Waals surface area (Å²) in [5, 5.41) is 2.80. The Balaban J connectivity index is 1.55. The van der Waals surface area contributed by atoms with Crippen LogP contribution in [0.4, 0.5) is 19.3 Å². The lowest BCUT2D eigenvalue weighted by Crippen LogP contribution is -2.44. The molecule has 0 radical (unpaired) electrons. The van der Waals surface area contributed by atoms with Crippen LogP contribution in [0.2, 0.25) is 0 Å². The van der Waals surface area contributed by atoms with Gasteiger partial charge in [-0.25, -0.2) is 24.0 Å². The summed E-state index contributed by atoms with van der Waals surface area (Å²) in [6.45, 7) is 0. The Kier molecular flexibility index (Phi) is 5.53. The number of aromatic nitrogens is 1. The van der Waals surface area contributed by atoms with Gasteiger partial charge in [0.1, 0.15) is 11.6 Å². The molecule has 0 saturated carbocycles. The summed E-state index contributed by atoms with van der Waals surface area (Å²) in [4.78, 5) is 29.4. The summed E-state index contributed by atoms with van der Waals surface area (Å²) in [6.07, 6.45) is 0. The molecule has 0 bridgehead atoms. The lowest BCUT2D eigenvalue weighted by Gasteiger charge is -2.12. The zero-order valence-electron chi connectivity index (χ0n) is 16.0. The van der Waals surface area contributed by atoms with E-state index in [1.54, 1.807) is 24.3 Å². The van der Waals surface area contributed by atoms with E-state index in [-0.39, 0.29) is 5.69 Å². The number of carbonyl (C=O) groups excluding carboxylic acids is 2. The van der Waals surface area contributed by atoms with Gasteiger partial charge in [-0.1, -0.05) is 48.5 Å². The zero-order chi connectivity index (χ0) is 21.8. The fourth-order valence-corrected chi connectivity index (χ4v) is 3.05. The Morgan fingerprint density at radius 3 is 2.32 bits per heavy atom. The molecule has 3 N–H and O–H groups in total. The summed E-state index contributed by atoms with van der Waals surface area (Å²) in [5.74, 6) is -2.28. The summed E-state index contributed by atoms with van der Waals surface area (Å²) < 4.78 is 26.7. The van der Waals surface area contributed by atoms with Crippen molar-refractivity contribution in [2.24, 2.45) is 0 Å². The highest BCUT2D eigenvalue weighted by molar-refractivity contribution is 6.07. The number of nitrogens with zero attached hydrogens (tertiary/aromatic N) is 1. The number of anilines is 1. The number of urea groups is 1. The first-order valence-electron chi connectivity index (χ1n) is 9.29. The van der Waals surface area contributed by atoms with Gasteiger partial charge in [-0.15, -0.1) is 0 Å². The molecule has 0 fully saturated rings. The van der Waals surface area contributed by atoms with E-state index in [9.17, 15) is 18.4 Å². The van der Waals surface area contributed by atoms with Gasteiger partial charge in [0.05, 0.1) is 22.5 Å². The number of rotatable bonds is 3. The van der Waals surface area contributed by atoms with Crippen molar-refractivity contribution < 1.29 is 18.4 Å². The number of fused-ring (bicyclic) bond motifs is 1. The Bertz CT molecular complexity index is 1280. The van der Waals surface area contributed by atoms with Crippen molar-refractivity contribution in [2.75, 3.05) is 5.32 Å². The fraction of sp³-hybridized carbons (Fsp3) is 0. The number of carbonyl (C=O) groups is 2. The monoisotopic (exact) mass is 418 g/mol. The predicted octanol–water partition coefficient (Wildman–Crippen LogP) is 4.65. The Morgan fingerprint density at radius 1 is 0.806 bits per heavy atom. The van der Waals surface area contributed by atoms with Gasteiger partial charge in [-0.05, 0) is 24.3 Å². The van der Waals surface area contributed by atoms with E-state index in [4.69, 9.17) is 0 Å². The minimum atomic E-state index is -0.936. The van der Waals surface area contributed by atoms with Gasteiger partial charge in [-0.2, -0.15) is 0 Å². The van der Waals surface area contributed by atoms with Gasteiger partial charge in [0, 0.05) is 17.0 Å². The molecular weight excluding hydrogens is 402 g/mol. The van der Waals surface area contributed by atoms with Crippen molar-refractivity contribution >= 4 is 28.5 Å². The van der Waals surface area contributed by atoms with Gasteiger partial charge in [-0.3, -0.25) is 10.2 Å². The molecule has 0 aliphatic rings. The summed E-state index contributed by atoms with van der Waals surface area (Å²) in [6, 6.07) is 20.0. The SMILES string of the molecule is O=C(NNC(=O)c1cc(-c2ccccc2)nc2ccccc12)Nc1ccc(F)cc1F. The number of pyridine rings is 1. The number of hydrogen-bond donors (Lipinski definition) is 3. The smallest absolute Gasteiger partial charge is 0.304 e. The normalized spacial score (nSPS) is 10.5. The van der Waals surface area contributed by atoms with Crippen LogP contribution in [-0.4, -0.2) is 16.9 Å². The van der Waals surface area contributed by atoms with E-state index in [1.807, 2.05) is 36.4 Å². The number of hydrogen-bond acceptors (Lipinski definition) is 3. The second-order valence-corrected chi connectivity index (χ2v) is 6.60. The first-order chi connectivity index (χ1) is 15.0. The molecule has 6 nitrogen and oxygen atoms in total. The molecule has 4 aromatic rings. The fourth-order valence-electron chi connectivity index (χ4n) is 3.05. The molecule has 31 heavy (non-hydrogen) atoms. The van der Waals surface area contributed by atoms with E-state index < -0.39 is 23.6 Å². The first-order valence-corrected chi connectivity index (χ1v) is 9.29. The van der Waals surface area contributed by atoms with E-state index in [1.165, 1.54) is 0 Å². The third kappa shape index (κ3) is 4.48. The maximum Gasteiger partial charge on any atom is 0.338 e. The second kappa shape index (κ2) is 8.58. The molecule has 0 spiro atoms. The van der Waals surface area contributed by atoms with Gasteiger partial charge < -0.3 is 5.32 Å². The molecule has 0 atom stereocenters. The van der Waals surface area contributed by atoms with Crippen LogP contribution in [0.25, 0.3) is 22.2 Å². The molecule has 0 unspecified atom stereocenters. The second-order valence-electron chi connectivity index (χ2n) is 6.60. The maximum atomic E-state index is 13.7. The number of hydrazine groups is 1. The highest BCUT2D eigenvalue weighted by Crippen LogP contribution is 2.24. The van der Waals surface area contributed by atoms with Crippen LogP contribution < -0.4 is 16.2 Å². The molecule has 3 amide bonds. The van der Waals surface area contributed by atoms with Crippen molar-refractivity contribution in [3.8, 4) is 11.3 Å². The third-order valence-electron chi connectivity index (χ3n) is 4.50. The highest BCUT2D eigenvalue weighted by Gasteiger charge is 2.15. The molecule has 154 valence electrons. The minimum Gasteiger partial charge on any atom is -0.304 e. The summed E-state index contributed by atoms with van der Waals surface area (Å²) in [7, 11) is 0. The van der Waals surface area contributed by atoms with Crippen LogP contribution in [0.5, 0.6) is 0 Å². The summed E-state index contributed by atoms with van der Waals surface area (Å²) >= 11 is 0. The van der Waals surface area contributed by atoms with Crippen molar-refractivity contribution in [3.05, 3.63) is 96.1 Å². The average molecular weight is 418 g/mol. The van der Waals surface area contributed by atoms with E-state index >= 15 is 0 Å². The Morgan fingerprint density at radius 2 is 1.55 bits per heavy atom. The van der Waals surface area contributed by atoms with E-state index in [0.29, 0.717) is 28.2 Å². The first kappa shape index (κ1) is 20.0. The number of amides is 3. The number of benzene rings is 3. The molecule has 8 heteroatoms. The molecule has 1 heterocycles. The van der Waals surface area contributed by atoms with Crippen molar-refractivity contribution in [1.29, 1.82) is 0 Å². The largest absolute Gasteiger partial charge is 0.338 e.